The summed E-state index contributed by atoms with van der Waals surface area (Å²) in [5, 5.41) is 16.5. The van der Waals surface area contributed by atoms with E-state index in [2.05, 4.69) is 4.74 Å². The molecule has 0 spiro atoms. The number of ether oxygens (including phenoxy) is 1. The normalized spacial score (nSPS) is 12.8. The van der Waals surface area contributed by atoms with Gasteiger partial charge in [-0.25, -0.2) is 4.79 Å². The molecule has 0 aliphatic heterocycles. The molecule has 1 N–H and O–H groups in total. The molecule has 7 heteroatoms. The lowest BCUT2D eigenvalue weighted by atomic mass is 10.2. The number of aliphatic hydroxyl groups excluding tert-OH is 1. The maximum Gasteiger partial charge on any atom is 0.450 e. The summed E-state index contributed by atoms with van der Waals surface area (Å²) in [5.41, 5.74) is -1.46. The van der Waals surface area contributed by atoms with Gasteiger partial charge < -0.3 is 9.84 Å². The third-order valence-corrected chi connectivity index (χ3v) is 1.01. The van der Waals surface area contributed by atoms with Crippen LogP contribution in [0.25, 0.3) is 0 Å². The number of hydrogen-bond donors (Lipinski definition) is 1. The predicted octanol–water partition coefficient (Wildman–Crippen LogP) is 1.06. The molecule has 0 amide bonds. The van der Waals surface area contributed by atoms with Gasteiger partial charge in [0, 0.05) is 0 Å². The van der Waals surface area contributed by atoms with Crippen LogP contribution in [0.3, 0.4) is 0 Å². The zero-order valence-corrected chi connectivity index (χ0v) is 6.34. The number of aliphatic hydroxyl groups is 1. The minimum atomic E-state index is -5.13. The van der Waals surface area contributed by atoms with Crippen LogP contribution in [0.15, 0.2) is 11.3 Å². The van der Waals surface area contributed by atoms with Crippen LogP contribution in [0, 0.1) is 11.3 Å². The summed E-state index contributed by atoms with van der Waals surface area (Å²) in [6.45, 7) is 0. The lowest BCUT2D eigenvalue weighted by Crippen LogP contribution is -2.18. The molecule has 0 rings (SSSR count). The van der Waals surface area contributed by atoms with Gasteiger partial charge in [-0.2, -0.15) is 18.4 Å². The fourth-order valence-electron chi connectivity index (χ4n) is 0.439. The molecule has 4 nitrogen and oxygen atoms in total. The number of allylic oxidation sites excluding steroid dienone is 1. The second-order valence-electron chi connectivity index (χ2n) is 1.82. The smallest absolute Gasteiger partial charge is 0.450 e. The number of hydrogen-bond acceptors (Lipinski definition) is 4. The van der Waals surface area contributed by atoms with Crippen molar-refractivity contribution in [1.82, 2.24) is 0 Å². The first kappa shape index (κ1) is 11.3. The molecule has 0 saturated heterocycles. The summed E-state index contributed by atoms with van der Waals surface area (Å²) in [4.78, 5) is 10.5. The van der Waals surface area contributed by atoms with E-state index in [1.807, 2.05) is 0 Å². The highest BCUT2D eigenvalue weighted by atomic mass is 19.4. The highest BCUT2D eigenvalue weighted by Gasteiger charge is 2.39. The molecule has 0 aliphatic rings. The molecule has 0 aromatic rings. The highest BCUT2D eigenvalue weighted by molar-refractivity contribution is 5.93. The van der Waals surface area contributed by atoms with Crippen molar-refractivity contribution in [3.8, 4) is 6.07 Å². The Bertz CT molecular complexity index is 286. The number of alkyl halides is 3. The molecule has 0 aromatic carbocycles. The van der Waals surface area contributed by atoms with Crippen molar-refractivity contribution in [1.29, 1.82) is 5.26 Å². The first-order valence-corrected chi connectivity index (χ1v) is 2.83. The van der Waals surface area contributed by atoms with Crippen molar-refractivity contribution in [3.05, 3.63) is 11.3 Å². The molecule has 0 aromatic heterocycles. The van der Waals surface area contributed by atoms with Crippen molar-refractivity contribution >= 4 is 5.97 Å². The van der Waals surface area contributed by atoms with Crippen molar-refractivity contribution in [2.45, 2.75) is 6.18 Å². The predicted molar refractivity (Wildman–Crippen MR) is 33.3 cm³/mol. The van der Waals surface area contributed by atoms with Crippen LogP contribution >= 0.6 is 0 Å². The number of rotatable bonds is 1. The fraction of sp³-hybridized carbons (Fsp3) is 0.333. The zero-order chi connectivity index (χ0) is 10.6. The van der Waals surface area contributed by atoms with Crippen LogP contribution < -0.4 is 0 Å². The van der Waals surface area contributed by atoms with E-state index in [-0.39, 0.29) is 0 Å². The number of carbonyl (C=O) groups is 1. The molecule has 13 heavy (non-hydrogen) atoms. The Morgan fingerprint density at radius 2 is 2.00 bits per heavy atom. The maximum absolute atomic E-state index is 11.7. The number of halogens is 3. The average molecular weight is 195 g/mol. The van der Waals surface area contributed by atoms with Crippen molar-refractivity contribution < 1.29 is 27.8 Å². The lowest BCUT2D eigenvalue weighted by Gasteiger charge is -2.05. The Morgan fingerprint density at radius 1 is 1.54 bits per heavy atom. The van der Waals surface area contributed by atoms with E-state index in [9.17, 15) is 18.0 Å². The Kier molecular flexibility index (Phi) is 3.30. The van der Waals surface area contributed by atoms with E-state index in [1.54, 1.807) is 0 Å². The van der Waals surface area contributed by atoms with E-state index < -0.39 is 23.5 Å². The van der Waals surface area contributed by atoms with Gasteiger partial charge in [0.2, 0.25) is 5.76 Å². The Hall–Kier alpha value is -1.71. The van der Waals surface area contributed by atoms with E-state index in [0.717, 1.165) is 13.2 Å². The van der Waals surface area contributed by atoms with Gasteiger partial charge in [-0.3, -0.25) is 0 Å². The summed E-state index contributed by atoms with van der Waals surface area (Å²) in [5.74, 6) is -3.78. The van der Waals surface area contributed by atoms with Crippen molar-refractivity contribution in [2.75, 3.05) is 7.11 Å². The number of esters is 1. The van der Waals surface area contributed by atoms with Crippen LogP contribution in [0.5, 0.6) is 0 Å². The Balaban J connectivity index is 5.18. The third kappa shape index (κ3) is 2.66. The van der Waals surface area contributed by atoms with E-state index >= 15 is 0 Å². The van der Waals surface area contributed by atoms with Gasteiger partial charge in [-0.05, 0) is 0 Å². The summed E-state index contributed by atoms with van der Waals surface area (Å²) in [6.07, 6.45) is -5.13. The summed E-state index contributed by atoms with van der Waals surface area (Å²) in [7, 11) is 0.795. The van der Waals surface area contributed by atoms with Gasteiger partial charge >= 0.3 is 12.1 Å². The van der Waals surface area contributed by atoms with Gasteiger partial charge in [-0.1, -0.05) is 0 Å². The van der Waals surface area contributed by atoms with Crippen LogP contribution in [-0.4, -0.2) is 24.4 Å². The van der Waals surface area contributed by atoms with Gasteiger partial charge in [0.15, 0.2) is 5.57 Å². The lowest BCUT2D eigenvalue weighted by molar-refractivity contribution is -0.140. The van der Waals surface area contributed by atoms with E-state index in [4.69, 9.17) is 10.4 Å². The maximum atomic E-state index is 11.7. The highest BCUT2D eigenvalue weighted by Crippen LogP contribution is 2.25. The topological polar surface area (TPSA) is 70.3 Å². The molecular formula is C6H4F3NO3. The van der Waals surface area contributed by atoms with Gasteiger partial charge in [-0.15, -0.1) is 0 Å². The van der Waals surface area contributed by atoms with Gasteiger partial charge in [0.25, 0.3) is 0 Å². The van der Waals surface area contributed by atoms with Crippen LogP contribution in [0.4, 0.5) is 13.2 Å². The number of nitrogens with zero attached hydrogens (tertiary/aromatic N) is 1. The Morgan fingerprint density at radius 3 is 2.23 bits per heavy atom. The monoisotopic (exact) mass is 195 g/mol. The largest absolute Gasteiger partial charge is 0.503 e. The summed E-state index contributed by atoms with van der Waals surface area (Å²) in [6, 6.07) is 0.894. The SMILES string of the molecule is COC(=O)/C(C#N)=C(\O)C(F)(F)F. The summed E-state index contributed by atoms with van der Waals surface area (Å²) >= 11 is 0. The van der Waals surface area contributed by atoms with Crippen molar-refractivity contribution in [3.63, 3.8) is 0 Å². The molecule has 0 atom stereocenters. The van der Waals surface area contributed by atoms with Crippen LogP contribution in [-0.2, 0) is 9.53 Å². The fourth-order valence-corrected chi connectivity index (χ4v) is 0.439. The van der Waals surface area contributed by atoms with Crippen LogP contribution in [0.1, 0.15) is 0 Å². The van der Waals surface area contributed by atoms with Gasteiger partial charge in [0.1, 0.15) is 6.07 Å². The quantitative estimate of drug-likeness (QED) is 0.294. The van der Waals surface area contributed by atoms with E-state index in [1.165, 1.54) is 0 Å². The molecule has 0 aliphatic carbocycles. The third-order valence-electron chi connectivity index (χ3n) is 1.01. The van der Waals surface area contributed by atoms with Crippen molar-refractivity contribution in [2.24, 2.45) is 0 Å². The zero-order valence-electron chi connectivity index (χ0n) is 6.34. The molecule has 72 valence electrons. The molecule has 0 saturated carbocycles. The van der Waals surface area contributed by atoms with E-state index in [0.29, 0.717) is 0 Å². The average Bonchev–Trinajstić information content (AvgIpc) is 2.03. The number of methoxy groups -OCH3 is 1. The Labute approximate surface area is 70.8 Å². The second-order valence-corrected chi connectivity index (χ2v) is 1.82. The first-order valence-electron chi connectivity index (χ1n) is 2.83. The minimum absolute atomic E-state index is 0.795. The minimum Gasteiger partial charge on any atom is -0.503 e. The first-order chi connectivity index (χ1) is 5.84. The molecule has 0 radical (unpaired) electrons. The number of carbonyl (C=O) groups excluding carboxylic acids is 1. The molecular weight excluding hydrogens is 191 g/mol. The second kappa shape index (κ2) is 3.80. The van der Waals surface area contributed by atoms with Gasteiger partial charge in [0.05, 0.1) is 7.11 Å². The molecule has 0 unspecified atom stereocenters. The standard InChI is InChI=1S/C6H4F3NO3/c1-13-5(12)3(2-10)4(11)6(7,8)9/h11H,1H3/b4-3-. The molecule has 0 fully saturated rings. The number of nitriles is 1. The molecule has 0 bridgehead atoms. The van der Waals surface area contributed by atoms with Crippen LogP contribution in [0.2, 0.25) is 0 Å². The summed E-state index contributed by atoms with van der Waals surface area (Å²) < 4.78 is 39.0. The molecule has 0 heterocycles.